The zero-order chi connectivity index (χ0) is 27.0. The van der Waals surface area contributed by atoms with E-state index in [1.807, 2.05) is 0 Å². The van der Waals surface area contributed by atoms with Crippen LogP contribution >= 0.6 is 0 Å². The van der Waals surface area contributed by atoms with Gasteiger partial charge in [-0.05, 0) is 81.3 Å². The molecule has 0 radical (unpaired) electrons. The first-order chi connectivity index (χ1) is 17.2. The third-order valence-corrected chi connectivity index (χ3v) is 7.02. The first-order valence-corrected chi connectivity index (χ1v) is 12.8. The summed E-state index contributed by atoms with van der Waals surface area (Å²) >= 11 is 0. The van der Waals surface area contributed by atoms with Crippen molar-refractivity contribution in [3.8, 4) is 33.9 Å². The number of benzene rings is 2. The predicted octanol–water partition coefficient (Wildman–Crippen LogP) is 6.28. The van der Waals surface area contributed by atoms with E-state index in [9.17, 15) is 21.6 Å². The fourth-order valence-corrected chi connectivity index (χ4v) is 5.19. The molecule has 37 heavy (non-hydrogen) atoms. The number of rotatable bonds is 5. The minimum absolute atomic E-state index is 0.0900. The van der Waals surface area contributed by atoms with Crippen LogP contribution in [0.25, 0.3) is 33.9 Å². The number of halogens is 3. The van der Waals surface area contributed by atoms with Crippen molar-refractivity contribution in [2.24, 2.45) is 0 Å². The van der Waals surface area contributed by atoms with Crippen molar-refractivity contribution in [3.05, 3.63) is 84.2 Å². The molecule has 0 bridgehead atoms. The number of hydrogen-bond acceptors (Lipinski definition) is 5. The minimum atomic E-state index is -4.41. The second-order valence-electron chi connectivity index (χ2n) is 9.61. The summed E-state index contributed by atoms with van der Waals surface area (Å²) in [5.41, 5.74) is 2.11. The highest BCUT2D eigenvalue weighted by atomic mass is 32.2. The van der Waals surface area contributed by atoms with Crippen molar-refractivity contribution in [1.29, 1.82) is 0 Å². The Morgan fingerprint density at radius 1 is 0.784 bits per heavy atom. The summed E-state index contributed by atoms with van der Waals surface area (Å²) < 4.78 is 67.0. The van der Waals surface area contributed by atoms with Crippen LogP contribution in [0.5, 0.6) is 0 Å². The molecule has 2 heterocycles. The Balaban J connectivity index is 1.70. The fourth-order valence-electron chi connectivity index (χ4n) is 3.72. The Bertz CT molecular complexity index is 1550. The molecule has 0 fully saturated rings. The molecular weight excluding hydrogens is 501 g/mol. The first kappa shape index (κ1) is 26.4. The molecule has 0 amide bonds. The smallest absolute Gasteiger partial charge is 0.251 e. The Hall–Kier alpha value is -3.63. The molecule has 0 aliphatic heterocycles. The Kier molecular flexibility index (Phi) is 6.91. The van der Waals surface area contributed by atoms with Crippen LogP contribution in [0.4, 0.5) is 13.2 Å². The molecule has 0 unspecified atom stereocenters. The van der Waals surface area contributed by atoms with E-state index in [2.05, 4.69) is 19.7 Å². The van der Waals surface area contributed by atoms with E-state index < -0.39 is 27.3 Å². The molecular formula is C27H25F3N4O2S. The molecule has 0 aliphatic carbocycles. The second-order valence-corrected chi connectivity index (χ2v) is 11.3. The van der Waals surface area contributed by atoms with Gasteiger partial charge in [-0.25, -0.2) is 23.1 Å². The SMILES string of the molecule is Cc1cc(-c2ccc(C(F)(F)F)cc2)cc(-c2ccnc(-c3cccc(S(=O)(=O)NC(C)(C)C)c3)n2)n1. The van der Waals surface area contributed by atoms with Crippen molar-refractivity contribution < 1.29 is 21.6 Å². The van der Waals surface area contributed by atoms with Crippen LogP contribution in [0.1, 0.15) is 32.0 Å². The van der Waals surface area contributed by atoms with E-state index in [0.717, 1.165) is 12.1 Å². The van der Waals surface area contributed by atoms with Gasteiger partial charge in [0.25, 0.3) is 0 Å². The lowest BCUT2D eigenvalue weighted by Gasteiger charge is -2.20. The topological polar surface area (TPSA) is 84.8 Å². The molecule has 2 aromatic carbocycles. The Labute approximate surface area is 213 Å². The summed E-state index contributed by atoms with van der Waals surface area (Å²) in [6.45, 7) is 7.06. The second kappa shape index (κ2) is 9.68. The maximum absolute atomic E-state index is 13.0. The zero-order valence-corrected chi connectivity index (χ0v) is 21.4. The molecule has 10 heteroatoms. The summed E-state index contributed by atoms with van der Waals surface area (Å²) in [6, 6.07) is 16.5. The number of hydrogen-bond donors (Lipinski definition) is 1. The van der Waals surface area contributed by atoms with E-state index in [1.165, 1.54) is 24.3 Å². The van der Waals surface area contributed by atoms with Crippen LogP contribution in [0, 0.1) is 6.92 Å². The molecule has 192 valence electrons. The van der Waals surface area contributed by atoms with E-state index >= 15 is 0 Å². The molecule has 0 saturated carbocycles. The van der Waals surface area contributed by atoms with Gasteiger partial charge in [0.05, 0.1) is 21.8 Å². The highest BCUT2D eigenvalue weighted by Crippen LogP contribution is 2.32. The lowest BCUT2D eigenvalue weighted by molar-refractivity contribution is -0.137. The number of nitrogens with one attached hydrogen (secondary N) is 1. The molecule has 0 aliphatic rings. The zero-order valence-electron chi connectivity index (χ0n) is 20.6. The lowest BCUT2D eigenvalue weighted by Crippen LogP contribution is -2.40. The summed E-state index contributed by atoms with van der Waals surface area (Å²) in [6.07, 6.45) is -2.86. The van der Waals surface area contributed by atoms with Crippen molar-refractivity contribution >= 4 is 10.0 Å². The standard InChI is InChI=1S/C27H25F3N4O2S/c1-17-14-20(18-8-10-21(11-9-18)27(28,29)30)16-24(32-17)23-12-13-31-25(33-23)19-6-5-7-22(15-19)37(35,36)34-26(2,3)4/h5-16,34H,1-4H3. The van der Waals surface area contributed by atoms with Gasteiger partial charge in [0.1, 0.15) is 0 Å². The van der Waals surface area contributed by atoms with Gasteiger partial charge in [0.15, 0.2) is 5.82 Å². The van der Waals surface area contributed by atoms with Gasteiger partial charge in [0.2, 0.25) is 10.0 Å². The van der Waals surface area contributed by atoms with Crippen LogP contribution in [-0.4, -0.2) is 28.9 Å². The molecule has 1 N–H and O–H groups in total. The van der Waals surface area contributed by atoms with E-state index in [1.54, 1.807) is 64.2 Å². The molecule has 6 nitrogen and oxygen atoms in total. The van der Waals surface area contributed by atoms with Crippen LogP contribution in [0.3, 0.4) is 0 Å². The number of pyridine rings is 1. The Morgan fingerprint density at radius 2 is 1.49 bits per heavy atom. The van der Waals surface area contributed by atoms with Gasteiger partial charge in [0, 0.05) is 23.0 Å². The molecule has 0 saturated heterocycles. The maximum atomic E-state index is 13.0. The quantitative estimate of drug-likeness (QED) is 0.331. The highest BCUT2D eigenvalue weighted by Gasteiger charge is 2.30. The van der Waals surface area contributed by atoms with Crippen molar-refractivity contribution in [2.75, 3.05) is 0 Å². The minimum Gasteiger partial charge on any atom is -0.251 e. The number of alkyl halides is 3. The normalized spacial score (nSPS) is 12.5. The van der Waals surface area contributed by atoms with Crippen molar-refractivity contribution in [3.63, 3.8) is 0 Å². The summed E-state index contributed by atoms with van der Waals surface area (Å²) in [5, 5.41) is 0. The summed E-state index contributed by atoms with van der Waals surface area (Å²) in [7, 11) is -3.75. The van der Waals surface area contributed by atoms with Crippen LogP contribution < -0.4 is 4.72 Å². The molecule has 0 atom stereocenters. The first-order valence-electron chi connectivity index (χ1n) is 11.4. The molecule has 2 aromatic heterocycles. The van der Waals surface area contributed by atoms with Gasteiger partial charge in [-0.2, -0.15) is 13.2 Å². The number of sulfonamides is 1. The largest absolute Gasteiger partial charge is 0.416 e. The van der Waals surface area contributed by atoms with Crippen LogP contribution in [0.15, 0.2) is 77.8 Å². The van der Waals surface area contributed by atoms with Gasteiger partial charge in [-0.15, -0.1) is 0 Å². The van der Waals surface area contributed by atoms with Gasteiger partial charge in [-0.1, -0.05) is 24.3 Å². The maximum Gasteiger partial charge on any atom is 0.416 e. The fraction of sp³-hybridized carbons (Fsp3) is 0.222. The summed E-state index contributed by atoms with van der Waals surface area (Å²) in [4.78, 5) is 13.5. The molecule has 4 aromatic rings. The highest BCUT2D eigenvalue weighted by molar-refractivity contribution is 7.89. The number of aromatic nitrogens is 3. The van der Waals surface area contributed by atoms with Gasteiger partial charge >= 0.3 is 6.18 Å². The molecule has 0 spiro atoms. The third-order valence-electron chi connectivity index (χ3n) is 5.26. The number of nitrogens with zero attached hydrogens (tertiary/aromatic N) is 3. The number of aryl methyl sites for hydroxylation is 1. The monoisotopic (exact) mass is 526 g/mol. The van der Waals surface area contributed by atoms with E-state index in [4.69, 9.17) is 0 Å². The van der Waals surface area contributed by atoms with Crippen molar-refractivity contribution in [2.45, 2.75) is 44.3 Å². The average Bonchev–Trinajstić information content (AvgIpc) is 2.82. The Morgan fingerprint density at radius 3 is 2.14 bits per heavy atom. The lowest BCUT2D eigenvalue weighted by atomic mass is 10.0. The van der Waals surface area contributed by atoms with Crippen molar-refractivity contribution in [1.82, 2.24) is 19.7 Å². The predicted molar refractivity (Wildman–Crippen MR) is 136 cm³/mol. The third kappa shape index (κ3) is 6.39. The van der Waals surface area contributed by atoms with Gasteiger partial charge in [-0.3, -0.25) is 4.98 Å². The summed E-state index contributed by atoms with van der Waals surface area (Å²) in [5.74, 6) is 0.310. The molecule has 4 rings (SSSR count). The van der Waals surface area contributed by atoms with E-state index in [0.29, 0.717) is 39.6 Å². The van der Waals surface area contributed by atoms with E-state index in [-0.39, 0.29) is 4.90 Å². The van der Waals surface area contributed by atoms with Gasteiger partial charge < -0.3 is 0 Å². The van der Waals surface area contributed by atoms with Crippen LogP contribution in [-0.2, 0) is 16.2 Å². The van der Waals surface area contributed by atoms with Crippen LogP contribution in [0.2, 0.25) is 0 Å². The average molecular weight is 527 g/mol.